The smallest absolute Gasteiger partial charge is 0.125 e. The van der Waals surface area contributed by atoms with Crippen LogP contribution in [0.3, 0.4) is 0 Å². The van der Waals surface area contributed by atoms with E-state index in [0.717, 1.165) is 37.6 Å². The number of fused-ring (bicyclic) bond motifs is 1. The summed E-state index contributed by atoms with van der Waals surface area (Å²) in [5.41, 5.74) is 6.33. The molecule has 0 fully saturated rings. The Balaban J connectivity index is 1.78. The van der Waals surface area contributed by atoms with Crippen molar-refractivity contribution in [3.63, 3.8) is 0 Å². The van der Waals surface area contributed by atoms with Crippen molar-refractivity contribution in [1.82, 2.24) is 14.9 Å². The van der Waals surface area contributed by atoms with E-state index in [9.17, 15) is 0 Å². The fourth-order valence-corrected chi connectivity index (χ4v) is 3.09. The molecule has 22 heavy (non-hydrogen) atoms. The van der Waals surface area contributed by atoms with E-state index < -0.39 is 0 Å². The Morgan fingerprint density at radius 2 is 2.00 bits per heavy atom. The maximum absolute atomic E-state index is 5.40. The molecule has 3 rings (SSSR count). The second-order valence-electron chi connectivity index (χ2n) is 6.10. The number of methoxy groups -OCH3 is 1. The van der Waals surface area contributed by atoms with Gasteiger partial charge in [0, 0.05) is 43.5 Å². The molecule has 1 aromatic heterocycles. The number of hydrogen-bond acceptors (Lipinski definition) is 4. The summed E-state index contributed by atoms with van der Waals surface area (Å²) in [6, 6.07) is 4.38. The molecule has 4 nitrogen and oxygen atoms in total. The van der Waals surface area contributed by atoms with Crippen molar-refractivity contribution in [1.29, 1.82) is 0 Å². The van der Waals surface area contributed by atoms with Crippen LogP contribution in [0.5, 0.6) is 5.75 Å². The SMILES string of the molecule is COc1cc(C)c(CN2CCc3nc(C)ncc3C2)cc1C. The molecule has 0 spiro atoms. The third-order valence-electron chi connectivity index (χ3n) is 4.38. The van der Waals surface area contributed by atoms with Gasteiger partial charge in [-0.25, -0.2) is 9.97 Å². The molecular weight excluding hydrogens is 274 g/mol. The Kier molecular flexibility index (Phi) is 4.12. The molecule has 2 aromatic rings. The summed E-state index contributed by atoms with van der Waals surface area (Å²) in [5.74, 6) is 1.84. The maximum Gasteiger partial charge on any atom is 0.125 e. The van der Waals surface area contributed by atoms with E-state index in [2.05, 4.69) is 40.8 Å². The van der Waals surface area contributed by atoms with Gasteiger partial charge < -0.3 is 4.74 Å². The van der Waals surface area contributed by atoms with Crippen molar-refractivity contribution < 1.29 is 4.74 Å². The molecule has 0 radical (unpaired) electrons. The normalized spacial score (nSPS) is 14.7. The fourth-order valence-electron chi connectivity index (χ4n) is 3.09. The van der Waals surface area contributed by atoms with E-state index in [4.69, 9.17) is 4.74 Å². The predicted molar refractivity (Wildman–Crippen MR) is 87.1 cm³/mol. The van der Waals surface area contributed by atoms with Gasteiger partial charge in [0.15, 0.2) is 0 Å². The molecule has 0 atom stereocenters. The van der Waals surface area contributed by atoms with Gasteiger partial charge in [0.2, 0.25) is 0 Å². The Labute approximate surface area is 132 Å². The van der Waals surface area contributed by atoms with Crippen molar-refractivity contribution in [3.8, 4) is 5.75 Å². The van der Waals surface area contributed by atoms with E-state index >= 15 is 0 Å². The van der Waals surface area contributed by atoms with Gasteiger partial charge in [-0.2, -0.15) is 0 Å². The van der Waals surface area contributed by atoms with Crippen LogP contribution in [0.1, 0.15) is 33.8 Å². The van der Waals surface area contributed by atoms with Crippen LogP contribution in [0.2, 0.25) is 0 Å². The average Bonchev–Trinajstić information content (AvgIpc) is 2.50. The average molecular weight is 297 g/mol. The first-order valence-corrected chi connectivity index (χ1v) is 7.74. The van der Waals surface area contributed by atoms with E-state index in [0.29, 0.717) is 0 Å². The molecule has 0 unspecified atom stereocenters. The first-order valence-electron chi connectivity index (χ1n) is 7.74. The largest absolute Gasteiger partial charge is 0.496 e. The van der Waals surface area contributed by atoms with Gasteiger partial charge >= 0.3 is 0 Å². The minimum atomic E-state index is 0.869. The molecule has 0 aliphatic carbocycles. The Hall–Kier alpha value is -1.94. The number of ether oxygens (including phenoxy) is 1. The number of benzene rings is 1. The molecule has 0 N–H and O–H groups in total. The minimum absolute atomic E-state index is 0.869. The lowest BCUT2D eigenvalue weighted by Gasteiger charge is -2.28. The quantitative estimate of drug-likeness (QED) is 0.873. The lowest BCUT2D eigenvalue weighted by molar-refractivity contribution is 0.242. The van der Waals surface area contributed by atoms with Gasteiger partial charge in [0.05, 0.1) is 7.11 Å². The van der Waals surface area contributed by atoms with Crippen LogP contribution < -0.4 is 4.74 Å². The van der Waals surface area contributed by atoms with Crippen molar-refractivity contribution in [2.45, 2.75) is 40.3 Å². The Bertz CT molecular complexity index is 697. The molecule has 0 amide bonds. The zero-order valence-corrected chi connectivity index (χ0v) is 13.8. The predicted octanol–water partition coefficient (Wildman–Crippen LogP) is 2.97. The monoisotopic (exact) mass is 297 g/mol. The molecule has 1 aromatic carbocycles. The fraction of sp³-hybridized carbons (Fsp3) is 0.444. The van der Waals surface area contributed by atoms with E-state index in [1.807, 2.05) is 13.1 Å². The van der Waals surface area contributed by atoms with Crippen molar-refractivity contribution in [2.75, 3.05) is 13.7 Å². The first kappa shape index (κ1) is 15.0. The van der Waals surface area contributed by atoms with Crippen LogP contribution in [0, 0.1) is 20.8 Å². The summed E-state index contributed by atoms with van der Waals surface area (Å²) in [6.07, 6.45) is 2.99. The number of nitrogens with zero attached hydrogens (tertiary/aromatic N) is 3. The van der Waals surface area contributed by atoms with Crippen molar-refractivity contribution >= 4 is 0 Å². The zero-order valence-electron chi connectivity index (χ0n) is 13.8. The van der Waals surface area contributed by atoms with Crippen LogP contribution in [0.25, 0.3) is 0 Å². The first-order chi connectivity index (χ1) is 10.6. The van der Waals surface area contributed by atoms with E-state index in [1.165, 1.54) is 27.9 Å². The van der Waals surface area contributed by atoms with Gasteiger partial charge in [-0.1, -0.05) is 6.07 Å². The lowest BCUT2D eigenvalue weighted by atomic mass is 10.0. The third kappa shape index (κ3) is 2.97. The van der Waals surface area contributed by atoms with Crippen LogP contribution in [0.15, 0.2) is 18.3 Å². The number of rotatable bonds is 3. The lowest BCUT2D eigenvalue weighted by Crippen LogP contribution is -2.31. The highest BCUT2D eigenvalue weighted by Gasteiger charge is 2.19. The van der Waals surface area contributed by atoms with Crippen LogP contribution >= 0.6 is 0 Å². The molecule has 1 aliphatic heterocycles. The number of aromatic nitrogens is 2. The Morgan fingerprint density at radius 1 is 1.18 bits per heavy atom. The molecular formula is C18H23N3O. The molecule has 4 heteroatoms. The molecule has 0 bridgehead atoms. The summed E-state index contributed by atoms with van der Waals surface area (Å²) < 4.78 is 5.40. The van der Waals surface area contributed by atoms with Gasteiger partial charge in [-0.15, -0.1) is 0 Å². The highest BCUT2D eigenvalue weighted by Crippen LogP contribution is 2.25. The van der Waals surface area contributed by atoms with Crippen molar-refractivity contribution in [3.05, 3.63) is 52.1 Å². The molecule has 0 saturated carbocycles. The zero-order chi connectivity index (χ0) is 15.7. The summed E-state index contributed by atoms with van der Waals surface area (Å²) >= 11 is 0. The van der Waals surface area contributed by atoms with Gasteiger partial charge in [0.1, 0.15) is 11.6 Å². The van der Waals surface area contributed by atoms with E-state index in [1.54, 1.807) is 7.11 Å². The molecule has 0 saturated heterocycles. The highest BCUT2D eigenvalue weighted by molar-refractivity contribution is 5.41. The van der Waals surface area contributed by atoms with E-state index in [-0.39, 0.29) is 0 Å². The molecule has 116 valence electrons. The second-order valence-corrected chi connectivity index (χ2v) is 6.10. The number of aryl methyl sites for hydroxylation is 3. The molecule has 1 aliphatic rings. The summed E-state index contributed by atoms with van der Waals surface area (Å²) in [4.78, 5) is 11.4. The molecule has 2 heterocycles. The summed E-state index contributed by atoms with van der Waals surface area (Å²) in [6.45, 7) is 9.15. The summed E-state index contributed by atoms with van der Waals surface area (Å²) in [5, 5.41) is 0. The van der Waals surface area contributed by atoms with Crippen LogP contribution in [-0.4, -0.2) is 28.5 Å². The summed E-state index contributed by atoms with van der Waals surface area (Å²) in [7, 11) is 1.73. The third-order valence-corrected chi connectivity index (χ3v) is 4.38. The standard InChI is InChI=1S/C18H23N3O/c1-12-8-18(22-4)13(2)7-15(12)10-21-6-5-17-16(11-21)9-19-14(3)20-17/h7-9H,5-6,10-11H2,1-4H3. The highest BCUT2D eigenvalue weighted by atomic mass is 16.5. The Morgan fingerprint density at radius 3 is 2.77 bits per heavy atom. The van der Waals surface area contributed by atoms with Crippen molar-refractivity contribution in [2.24, 2.45) is 0 Å². The topological polar surface area (TPSA) is 38.2 Å². The van der Waals surface area contributed by atoms with Crippen LogP contribution in [0.4, 0.5) is 0 Å². The number of hydrogen-bond donors (Lipinski definition) is 0. The maximum atomic E-state index is 5.40. The van der Waals surface area contributed by atoms with Gasteiger partial charge in [-0.3, -0.25) is 4.90 Å². The minimum Gasteiger partial charge on any atom is -0.496 e. The second kappa shape index (κ2) is 6.05. The van der Waals surface area contributed by atoms with Gasteiger partial charge in [-0.05, 0) is 43.5 Å². The van der Waals surface area contributed by atoms with Gasteiger partial charge in [0.25, 0.3) is 0 Å². The van der Waals surface area contributed by atoms with Crippen LogP contribution in [-0.2, 0) is 19.5 Å².